The maximum Gasteiger partial charge on any atom is 0.192 e. The summed E-state index contributed by atoms with van der Waals surface area (Å²) in [7, 11) is -12.8. The number of aliphatic hydroxyl groups is 4. The summed E-state index contributed by atoms with van der Waals surface area (Å²) in [5.41, 5.74) is 4.07. The van der Waals surface area contributed by atoms with Crippen molar-refractivity contribution in [3.05, 3.63) is 169 Å². The van der Waals surface area contributed by atoms with Gasteiger partial charge < -0.3 is 47.1 Å². The molecule has 2 aromatic rings. The maximum atomic E-state index is 15.0. The first-order chi connectivity index (χ1) is 66.1. The Morgan fingerprint density at radius 2 is 0.741 bits per heavy atom. The Balaban J connectivity index is 0.000000238. The van der Waals surface area contributed by atoms with Crippen LogP contribution in [0.25, 0.3) is 0 Å². The number of ketones is 1. The summed E-state index contributed by atoms with van der Waals surface area (Å²) in [5, 5.41) is 46.0. The van der Waals surface area contributed by atoms with Crippen molar-refractivity contribution < 1.29 is 51.9 Å². The minimum Gasteiger partial charge on any atom is -0.411 e. The SMILES string of the molecule is CC1(O[Si](C)(C)C)[C@H](O[Si](C)(C)C(C)(C)C)CC(CCP(=O)(c2ccccc2)c2ccccc2)C[C@H]1O[Si](C)(C)C(C)(C)C.CCC(C)(/C=C/C=C/[C@@H](C)C1CCC2/C(=C/C=C3C[C@@H](O)C(C)(O[Si](C)(C)C)[C@H](O)C3)CCCC21C)CC.CCC(C)(/C=C/C=C/[C@@H](C)C1CCC2/C(=C/CC3C[C@@H](O)C(C)(O[Si](C)(C)C)[C@H](O)C3)CCCC21C)CC.CCC(C)(/C=C/C=C/[C@@H](C)C1CCC2C(=O)CCCC21C)CC. The van der Waals surface area contributed by atoms with Gasteiger partial charge in [-0.2, -0.15) is 0 Å². The van der Waals surface area contributed by atoms with E-state index in [9.17, 15) is 29.8 Å². The average Bonchev–Trinajstić information content (AvgIpc) is 1.73. The first-order valence-electron chi connectivity index (χ1n) is 57.7. The topological polar surface area (TPSA) is 161 Å². The molecule has 9 saturated carbocycles. The molecule has 9 aliphatic carbocycles. The molecule has 2 aromatic carbocycles. The van der Waals surface area contributed by atoms with E-state index in [2.05, 4.69) is 329 Å². The summed E-state index contributed by atoms with van der Waals surface area (Å²) < 4.78 is 49.5. The minimum atomic E-state index is -2.82. The average molecular weight is 2080 g/mol. The third kappa shape index (κ3) is 32.0. The molecule has 17 heteroatoms. The number of hydrogen-bond donors (Lipinski definition) is 4. The second-order valence-corrected chi connectivity index (χ2v) is 81.0. The molecule has 0 aromatic heterocycles. The fourth-order valence-corrected chi connectivity index (χ4v) is 37.0. The van der Waals surface area contributed by atoms with Gasteiger partial charge in [0, 0.05) is 29.1 Å². The largest absolute Gasteiger partial charge is 0.411 e. The van der Waals surface area contributed by atoms with E-state index in [1.807, 2.05) is 74.5 Å². The molecule has 0 aliphatic heterocycles. The predicted molar refractivity (Wildman–Crippen MR) is 627 cm³/mol. The Hall–Kier alpha value is -3.28. The number of benzene rings is 2. The van der Waals surface area contributed by atoms with E-state index in [1.165, 1.54) is 116 Å². The van der Waals surface area contributed by atoms with Gasteiger partial charge in [-0.25, -0.2) is 0 Å². The van der Waals surface area contributed by atoms with Crippen molar-refractivity contribution in [2.45, 2.75) is 501 Å². The zero-order valence-corrected chi connectivity index (χ0v) is 104. The highest BCUT2D eigenvalue weighted by Crippen LogP contribution is 2.63. The minimum absolute atomic E-state index is 0.0755. The van der Waals surface area contributed by atoms with Crippen LogP contribution >= 0.6 is 7.14 Å². The fraction of sp³-hybridized carbons (Fsp3) is 0.754. The quantitative estimate of drug-likeness (QED) is 0.0222. The second kappa shape index (κ2) is 50.7. The standard InChI is InChI=1S/C36H63O4PSi3.C34H60O3Si.C34H58O3Si.C22H36O/c1-34(2,3)43(11,12)38-32-27-29(25-26-41(37,30-21-17-15-18-22-30)31-23-19-16-20-24-31)28-33(36(32,7)40-42(8,9)10)39-44(13,14)35(4,5)6;2*1-10-32(4,11-2)21-13-12-15-25(3)28-19-20-29-27(16-14-22-33(28,29)5)18-17-26-23-30(35)34(6,31(36)24-26)37-38(7,8)9;1-6-21(4,7-2)15-9-8-11-17(3)18-13-14-19-20(23)12-10-16-22(18,19)5/h15-24,29,32-33H,25-28H2,1-14H3;12-13,15,18,21,25-26,28-31,35-36H,10-11,14,16-17,19-20,22-24H2,1-9H3;12-13,15,17-18,21,25,28-31,35-36H,10-11,14,16,19-20,22-24H2,1-9H3;8-9,11,15,17-19H,6-7,10,12-14,16H2,1-5H3/b;15-12+,21-13+,27-18+;15-12+,21-13+,26-17?,27-18+;11-8+,15-9+/t29?,32-,33-,36?;25-,26?,28?,29?,30-,31-,33?,34?;25-,28?,29?,30-,31-,33?,34?;17-,18?,19?,22?/m1111/s1. The number of aliphatic hydroxyl groups excluding tert-OH is 4. The number of allylic oxidation sites excluding steroid dienone is 17. The van der Waals surface area contributed by atoms with Crippen molar-refractivity contribution >= 4 is 65.1 Å². The highest BCUT2D eigenvalue weighted by Gasteiger charge is 2.60. The molecular formula is C126H217O11PSi5. The maximum absolute atomic E-state index is 15.0. The van der Waals surface area contributed by atoms with E-state index >= 15 is 0 Å². The zero-order chi connectivity index (χ0) is 107. The van der Waals surface area contributed by atoms with E-state index in [0.29, 0.717) is 105 Å². The fourth-order valence-electron chi connectivity index (χ4n) is 26.6. The number of fused-ring (bicyclic) bond motifs is 3. The molecule has 9 unspecified atom stereocenters. The molecule has 0 spiro atoms. The number of Topliss-reactive ketones (excluding diaryl/α,β-unsaturated/α-hetero) is 1. The van der Waals surface area contributed by atoms with E-state index in [4.69, 9.17) is 22.1 Å². The highest BCUT2D eigenvalue weighted by molar-refractivity contribution is 7.78. The van der Waals surface area contributed by atoms with Gasteiger partial charge in [0.2, 0.25) is 0 Å². The molecule has 11 rings (SSSR count). The van der Waals surface area contributed by atoms with Gasteiger partial charge >= 0.3 is 0 Å². The van der Waals surface area contributed by atoms with Crippen LogP contribution in [0.5, 0.6) is 0 Å². The Morgan fingerprint density at radius 3 is 1.10 bits per heavy atom. The molecule has 11 nitrogen and oxygen atoms in total. The molecule has 9 aliphatic rings. The molecule has 0 bridgehead atoms. The van der Waals surface area contributed by atoms with Crippen LogP contribution in [0.15, 0.2) is 169 Å². The molecule has 4 N–H and O–H groups in total. The monoisotopic (exact) mass is 2080 g/mol. The Morgan fingerprint density at radius 1 is 0.413 bits per heavy atom. The summed E-state index contributed by atoms with van der Waals surface area (Å²) in [4.78, 5) is 12.3. The highest BCUT2D eigenvalue weighted by atomic mass is 31.2. The Labute approximate surface area is 884 Å². The third-order valence-electron chi connectivity index (χ3n) is 39.4. The first-order valence-corrected chi connectivity index (χ1v) is 75.6. The molecule has 18 atom stereocenters. The Bertz CT molecular complexity index is 4530. The lowest BCUT2D eigenvalue weighted by Crippen LogP contribution is -2.66. The van der Waals surface area contributed by atoms with Gasteiger partial charge in [-0.3, -0.25) is 4.79 Å². The van der Waals surface area contributed by atoms with E-state index in [0.717, 1.165) is 85.8 Å². The van der Waals surface area contributed by atoms with E-state index in [1.54, 1.807) is 11.1 Å². The van der Waals surface area contributed by atoms with Crippen molar-refractivity contribution in [3.63, 3.8) is 0 Å². The normalized spacial score (nSPS) is 33.0. The number of carbonyl (C=O) groups excluding carboxylic acids is 1. The molecule has 143 heavy (non-hydrogen) atoms. The molecule has 9 fully saturated rings. The van der Waals surface area contributed by atoms with Crippen molar-refractivity contribution in [3.8, 4) is 0 Å². The third-order valence-corrected chi connectivity index (χ3v) is 54.7. The second-order valence-electron chi connectivity index (χ2n) is 55.2. The summed E-state index contributed by atoms with van der Waals surface area (Å²) in [6.45, 7) is 84.4. The molecule has 0 heterocycles. The molecule has 0 amide bonds. The van der Waals surface area contributed by atoms with Crippen LogP contribution in [-0.2, 0) is 31.5 Å². The molecular weight excluding hydrogens is 1860 g/mol. The van der Waals surface area contributed by atoms with E-state index < -0.39 is 89.9 Å². The van der Waals surface area contributed by atoms with Gasteiger partial charge in [0.15, 0.2) is 41.6 Å². The lowest BCUT2D eigenvalue weighted by molar-refractivity contribution is -0.156. The molecule has 812 valence electrons. The number of carbonyl (C=O) groups is 1. The summed E-state index contributed by atoms with van der Waals surface area (Å²) >= 11 is 0. The van der Waals surface area contributed by atoms with Gasteiger partial charge in [0.25, 0.3) is 0 Å². The summed E-state index contributed by atoms with van der Waals surface area (Å²) in [6.07, 6.45) is 64.8. The van der Waals surface area contributed by atoms with Crippen LogP contribution in [0, 0.1) is 97.6 Å². The van der Waals surface area contributed by atoms with Crippen molar-refractivity contribution in [2.24, 2.45) is 97.6 Å². The van der Waals surface area contributed by atoms with Crippen LogP contribution in [0.2, 0.25) is 95.2 Å². The first kappa shape index (κ1) is 125. The van der Waals surface area contributed by atoms with Gasteiger partial charge in [0.05, 0.1) is 36.6 Å². The molecule has 0 radical (unpaired) electrons. The van der Waals surface area contributed by atoms with Crippen LogP contribution in [0.3, 0.4) is 0 Å². The Kier molecular flexibility index (Phi) is 44.3. The van der Waals surface area contributed by atoms with Gasteiger partial charge in [0.1, 0.15) is 29.7 Å². The van der Waals surface area contributed by atoms with Crippen LogP contribution in [-0.4, -0.2) is 127 Å². The zero-order valence-electron chi connectivity index (χ0n) is 98.6. The van der Waals surface area contributed by atoms with E-state index in [-0.39, 0.29) is 27.7 Å². The molecule has 0 saturated heterocycles. The number of rotatable bonds is 36. The van der Waals surface area contributed by atoms with Crippen LogP contribution in [0.1, 0.15) is 352 Å². The lowest BCUT2D eigenvalue weighted by atomic mass is 9.61. The van der Waals surface area contributed by atoms with Crippen molar-refractivity contribution in [1.82, 2.24) is 0 Å². The van der Waals surface area contributed by atoms with Gasteiger partial charge in [-0.05, 0) is 387 Å². The summed E-state index contributed by atoms with van der Waals surface area (Å²) in [6, 6.07) is 20.2. The van der Waals surface area contributed by atoms with Crippen LogP contribution in [0.4, 0.5) is 0 Å². The van der Waals surface area contributed by atoms with Gasteiger partial charge in [-0.15, -0.1) is 0 Å². The van der Waals surface area contributed by atoms with Crippen molar-refractivity contribution in [2.75, 3.05) is 6.16 Å². The summed E-state index contributed by atoms with van der Waals surface area (Å²) in [5.74, 6) is 6.72. The van der Waals surface area contributed by atoms with Gasteiger partial charge in [-0.1, -0.05) is 314 Å². The van der Waals surface area contributed by atoms with Crippen LogP contribution < -0.4 is 10.6 Å². The lowest BCUT2D eigenvalue weighted by Gasteiger charge is -2.56. The smallest absolute Gasteiger partial charge is 0.192 e. The number of hydrogen-bond acceptors (Lipinski definition) is 11. The van der Waals surface area contributed by atoms with Crippen molar-refractivity contribution in [1.29, 1.82) is 0 Å². The predicted octanol–water partition coefficient (Wildman–Crippen LogP) is 34.1.